The number of nitrogens with two attached hydrogens (primary N) is 1. The summed E-state index contributed by atoms with van der Waals surface area (Å²) >= 11 is 0. The minimum absolute atomic E-state index is 0. The number of carbonyl (C=O) groups is 2. The van der Waals surface area contributed by atoms with E-state index in [1.807, 2.05) is 5.32 Å². The Morgan fingerprint density at radius 1 is 1.41 bits per heavy atom. The maximum atomic E-state index is 12.2. The van der Waals surface area contributed by atoms with Crippen LogP contribution in [0.4, 0.5) is 5.82 Å². The smallest absolute Gasteiger partial charge is 0.333 e. The first-order valence-electron chi connectivity index (χ1n) is 7.49. The molecule has 2 heterocycles. The van der Waals surface area contributed by atoms with E-state index in [1.54, 1.807) is 0 Å². The third-order valence-electron chi connectivity index (χ3n) is 3.88. The van der Waals surface area contributed by atoms with Crippen molar-refractivity contribution in [1.82, 2.24) is 27.2 Å². The monoisotopic (exact) mass is 424 g/mol. The fourth-order valence-corrected chi connectivity index (χ4v) is 2.46. The number of amides is 1. The summed E-state index contributed by atoms with van der Waals surface area (Å²) in [6.07, 6.45) is -4.18. The van der Waals surface area contributed by atoms with Crippen molar-refractivity contribution in [2.45, 2.75) is 30.6 Å². The van der Waals surface area contributed by atoms with Gasteiger partial charge in [0.15, 0.2) is 23.2 Å². The van der Waals surface area contributed by atoms with Crippen LogP contribution in [0, 0.1) is 5.21 Å². The van der Waals surface area contributed by atoms with Crippen LogP contribution in [-0.4, -0.2) is 89.4 Å². The van der Waals surface area contributed by atoms with Crippen molar-refractivity contribution in [2.24, 2.45) is 5.28 Å². The van der Waals surface area contributed by atoms with Gasteiger partial charge in [-0.25, -0.2) is 9.78 Å². The highest BCUT2D eigenvalue weighted by Crippen LogP contribution is 2.31. The van der Waals surface area contributed by atoms with E-state index in [9.17, 15) is 25.0 Å². The van der Waals surface area contributed by atoms with Gasteiger partial charge in [-0.2, -0.15) is 0 Å². The van der Waals surface area contributed by atoms with E-state index < -0.39 is 61.3 Å². The molecule has 1 aromatic heterocycles. The Morgan fingerprint density at radius 3 is 2.52 bits per heavy atom. The van der Waals surface area contributed by atoms with Crippen LogP contribution in [0.15, 0.2) is 11.6 Å². The predicted octanol–water partition coefficient (Wildman–Crippen LogP) is -3.06. The number of imidazole rings is 1. The zero-order valence-corrected chi connectivity index (χ0v) is 15.0. The lowest BCUT2D eigenvalue weighted by Gasteiger charge is -2.17. The normalized spacial score (nSPS) is 24.9. The molecule has 1 unspecified atom stereocenters. The number of hydrogen-bond donors (Lipinski definition) is 9. The molecule has 5 atom stereocenters. The lowest BCUT2D eigenvalue weighted by Crippen LogP contribution is -2.45. The second kappa shape index (κ2) is 10.5. The molecule has 0 aromatic carbocycles. The number of aliphatic hydroxyl groups excluding tert-OH is 3. The van der Waals surface area contributed by atoms with Crippen LogP contribution in [0.5, 0.6) is 0 Å². The summed E-state index contributed by atoms with van der Waals surface area (Å²) in [4.78, 5) is 26.7. The fourth-order valence-electron chi connectivity index (χ4n) is 2.46. The molecule has 1 saturated heterocycles. The highest BCUT2D eigenvalue weighted by molar-refractivity contribution is 5.98. The van der Waals surface area contributed by atoms with Gasteiger partial charge in [0.25, 0.3) is 5.91 Å². The first-order valence-corrected chi connectivity index (χ1v) is 7.49. The fraction of sp³-hybridized carbons (Fsp3) is 0.583. The number of aliphatic carboxylic acids is 1. The topological polar surface area (TPSA) is 309 Å². The molecule has 1 aromatic rings. The van der Waals surface area contributed by atoms with Crippen LogP contribution in [-0.2, 0) is 9.53 Å². The second-order valence-corrected chi connectivity index (χ2v) is 5.60. The van der Waals surface area contributed by atoms with Gasteiger partial charge >= 0.3 is 5.97 Å². The van der Waals surface area contributed by atoms with E-state index in [2.05, 4.69) is 10.3 Å². The number of carboxylic acids is 1. The number of carboxylic acid groups (broad SMARTS) is 1. The number of carbonyl (C=O) groups excluding carboxylic acids is 1. The SMILES string of the molecule is N.N.Nc1c(C(=O)NC(C/[N+]([O-])=N/O)C(=O)O)ncn1[C@@H]1O[C@H](CO)[C@@H](O)[C@H]1O. The lowest BCUT2D eigenvalue weighted by atomic mass is 10.1. The largest absolute Gasteiger partial charge is 0.597 e. The summed E-state index contributed by atoms with van der Waals surface area (Å²) in [5.41, 5.74) is 5.35. The summed E-state index contributed by atoms with van der Waals surface area (Å²) in [6.45, 7) is -1.45. The van der Waals surface area contributed by atoms with Gasteiger partial charge < -0.3 is 58.9 Å². The minimum Gasteiger partial charge on any atom is -0.597 e. The molecule has 17 heteroatoms. The van der Waals surface area contributed by atoms with Crippen LogP contribution < -0.4 is 23.4 Å². The number of nitrogen functional groups attached to an aromatic ring is 1. The van der Waals surface area contributed by atoms with Gasteiger partial charge in [0, 0.05) is 0 Å². The summed E-state index contributed by atoms with van der Waals surface area (Å²) in [5.74, 6) is -2.96. The first kappa shape index (κ1) is 25.9. The maximum absolute atomic E-state index is 12.2. The number of ether oxygens (including phenoxy) is 1. The zero-order valence-electron chi connectivity index (χ0n) is 15.0. The van der Waals surface area contributed by atoms with Gasteiger partial charge in [0.05, 0.1) is 12.9 Å². The Bertz CT molecular complexity index is 741. The molecular weight excluding hydrogens is 400 g/mol. The highest BCUT2D eigenvalue weighted by atomic mass is 16.6. The molecule has 0 aliphatic carbocycles. The predicted molar refractivity (Wildman–Crippen MR) is 91.3 cm³/mol. The van der Waals surface area contributed by atoms with Gasteiger partial charge in [-0.15, -0.1) is 0 Å². The first-order chi connectivity index (χ1) is 12.7. The Labute approximate surface area is 162 Å². The van der Waals surface area contributed by atoms with Crippen LogP contribution >= 0.6 is 0 Å². The van der Waals surface area contributed by atoms with Crippen LogP contribution in [0.2, 0.25) is 0 Å². The number of nitrogens with one attached hydrogen (secondary N) is 1. The summed E-state index contributed by atoms with van der Waals surface area (Å²) in [6, 6.07) is -1.73. The Hall–Kier alpha value is -3.09. The van der Waals surface area contributed by atoms with Crippen molar-refractivity contribution in [3.05, 3.63) is 17.2 Å². The van der Waals surface area contributed by atoms with Gasteiger partial charge in [-0.1, -0.05) is 4.86 Å². The van der Waals surface area contributed by atoms with E-state index in [0.29, 0.717) is 0 Å². The van der Waals surface area contributed by atoms with Crippen molar-refractivity contribution in [2.75, 3.05) is 18.9 Å². The van der Waals surface area contributed by atoms with E-state index in [-0.39, 0.29) is 23.0 Å². The van der Waals surface area contributed by atoms with E-state index in [0.717, 1.165) is 10.9 Å². The van der Waals surface area contributed by atoms with Gasteiger partial charge in [-0.3, -0.25) is 9.36 Å². The molecule has 1 amide bonds. The summed E-state index contributed by atoms with van der Waals surface area (Å²) in [7, 11) is 0. The standard InChI is InChI=1S/C12H18N6O9.2H3N/c13-9-6(10(22)15-4(12(23)24)1-18(26)16-25)14-3-17(9)11-8(21)7(20)5(2-19)27-11;;/h3-5,7-8,11,19-21,25H,1-2,13H2,(H,15,22)(H,23,24);2*1H3/b18-16-;;/t4?,5-,7-,8-,11-;;/m1../s1. The van der Waals surface area contributed by atoms with Crippen LogP contribution in [0.1, 0.15) is 16.7 Å². The Balaban J connectivity index is 0.00000392. The van der Waals surface area contributed by atoms with Gasteiger partial charge in [0.1, 0.15) is 24.1 Å². The van der Waals surface area contributed by atoms with Crippen LogP contribution in [0.3, 0.4) is 0 Å². The number of hydrogen-bond acceptors (Lipinski definition) is 12. The molecular formula is C12H24N8O9. The summed E-state index contributed by atoms with van der Waals surface area (Å²) < 4.78 is 6.29. The lowest BCUT2D eigenvalue weighted by molar-refractivity contribution is -0.556. The van der Waals surface area contributed by atoms with Crippen molar-refractivity contribution in [3.8, 4) is 0 Å². The van der Waals surface area contributed by atoms with Crippen molar-refractivity contribution in [3.63, 3.8) is 0 Å². The molecule has 29 heavy (non-hydrogen) atoms. The molecule has 14 N–H and O–H groups in total. The number of hydroxylamine groups is 1. The molecule has 1 aliphatic rings. The third-order valence-corrected chi connectivity index (χ3v) is 3.88. The zero-order chi connectivity index (χ0) is 20.3. The van der Waals surface area contributed by atoms with Gasteiger partial charge in [0.2, 0.25) is 6.54 Å². The number of aromatic nitrogens is 2. The third kappa shape index (κ3) is 5.25. The molecule has 2 rings (SSSR count). The number of aliphatic hydroxyl groups is 3. The molecule has 166 valence electrons. The molecule has 0 radical (unpaired) electrons. The Morgan fingerprint density at radius 2 is 2.03 bits per heavy atom. The molecule has 1 aliphatic heterocycles. The second-order valence-electron chi connectivity index (χ2n) is 5.60. The van der Waals surface area contributed by atoms with E-state index >= 15 is 0 Å². The maximum Gasteiger partial charge on any atom is 0.333 e. The average molecular weight is 424 g/mol. The number of nitrogens with zero attached hydrogens (tertiary/aromatic N) is 4. The van der Waals surface area contributed by atoms with Gasteiger partial charge in [-0.05, 0) is 0 Å². The minimum atomic E-state index is -1.73. The summed E-state index contributed by atoms with van der Waals surface area (Å²) in [5, 5.41) is 61.3. The highest BCUT2D eigenvalue weighted by Gasteiger charge is 2.44. The molecule has 0 bridgehead atoms. The van der Waals surface area contributed by atoms with E-state index in [1.165, 1.54) is 0 Å². The average Bonchev–Trinajstić information content (AvgIpc) is 3.14. The van der Waals surface area contributed by atoms with Crippen LogP contribution in [0.25, 0.3) is 0 Å². The van der Waals surface area contributed by atoms with Crippen molar-refractivity contribution in [1.29, 1.82) is 0 Å². The molecule has 0 saturated carbocycles. The molecule has 0 spiro atoms. The molecule has 1 fully saturated rings. The van der Waals surface area contributed by atoms with Crippen molar-refractivity contribution >= 4 is 17.7 Å². The van der Waals surface area contributed by atoms with Crippen molar-refractivity contribution < 1.29 is 44.8 Å². The Kier molecular flexibility index (Phi) is 9.34. The number of rotatable bonds is 7. The van der Waals surface area contributed by atoms with E-state index in [4.69, 9.17) is 25.9 Å². The molecule has 17 nitrogen and oxygen atoms in total. The number of anilines is 1. The quantitative estimate of drug-likeness (QED) is 0.119.